The van der Waals surface area contributed by atoms with Gasteiger partial charge in [-0.25, -0.2) is 4.79 Å². The molecule has 1 saturated heterocycles. The number of nitrogens with zero attached hydrogens (tertiary/aromatic N) is 1. The van der Waals surface area contributed by atoms with Crippen molar-refractivity contribution in [3.63, 3.8) is 0 Å². The van der Waals surface area contributed by atoms with Gasteiger partial charge in [0.1, 0.15) is 0 Å². The molecule has 0 saturated carbocycles. The fourth-order valence-corrected chi connectivity index (χ4v) is 2.51. The van der Waals surface area contributed by atoms with Crippen molar-refractivity contribution in [1.82, 2.24) is 20.2 Å². The number of fused-ring (bicyclic) bond motifs is 1. The van der Waals surface area contributed by atoms with E-state index in [1.165, 1.54) is 0 Å². The van der Waals surface area contributed by atoms with Crippen LogP contribution in [-0.4, -0.2) is 52.4 Å². The molecule has 0 radical (unpaired) electrons. The van der Waals surface area contributed by atoms with Gasteiger partial charge in [-0.15, -0.1) is 0 Å². The second kappa shape index (κ2) is 5.64. The summed E-state index contributed by atoms with van der Waals surface area (Å²) in [5, 5.41) is 5.54. The molecule has 1 aliphatic rings. The average molecular weight is 303 g/mol. The van der Waals surface area contributed by atoms with Gasteiger partial charge in [-0.05, 0) is 25.1 Å². The molecule has 0 bridgehead atoms. The van der Waals surface area contributed by atoms with Gasteiger partial charge in [0.25, 0.3) is 0 Å². The lowest BCUT2D eigenvalue weighted by molar-refractivity contribution is -0.127. The number of amides is 2. The molecule has 1 fully saturated rings. The molecule has 0 aliphatic carbocycles. The first-order valence-corrected chi connectivity index (χ1v) is 7.06. The largest absolute Gasteiger partial charge is 0.354 e. The third kappa shape index (κ3) is 2.86. The summed E-state index contributed by atoms with van der Waals surface area (Å²) in [5.74, 6) is -0.260. The number of anilines is 1. The Morgan fingerprint density at radius 1 is 1.27 bits per heavy atom. The van der Waals surface area contributed by atoms with Crippen molar-refractivity contribution in [3.05, 3.63) is 28.7 Å². The Labute approximate surface area is 125 Å². The van der Waals surface area contributed by atoms with E-state index in [0.29, 0.717) is 29.8 Å². The second-order valence-corrected chi connectivity index (χ2v) is 5.33. The number of aromatic nitrogens is 2. The van der Waals surface area contributed by atoms with Crippen LogP contribution in [0.4, 0.5) is 5.69 Å². The minimum absolute atomic E-state index is 0.0720. The lowest BCUT2D eigenvalue weighted by Crippen LogP contribution is -2.53. The van der Waals surface area contributed by atoms with Crippen molar-refractivity contribution in [1.29, 1.82) is 0 Å². The Balaban J connectivity index is 1.71. The van der Waals surface area contributed by atoms with Crippen molar-refractivity contribution in [3.8, 4) is 0 Å². The SMILES string of the molecule is C[C@H](C(=O)Nc1ccc2[nH]c(=O)[nH]c2c1)N1CCNC(=O)C1. The van der Waals surface area contributed by atoms with Gasteiger partial charge in [-0.3, -0.25) is 14.5 Å². The maximum atomic E-state index is 12.3. The quantitative estimate of drug-likeness (QED) is 0.619. The van der Waals surface area contributed by atoms with Gasteiger partial charge in [-0.2, -0.15) is 0 Å². The summed E-state index contributed by atoms with van der Waals surface area (Å²) in [6.07, 6.45) is 0. The van der Waals surface area contributed by atoms with Crippen molar-refractivity contribution >= 4 is 28.5 Å². The Kier molecular flexibility index (Phi) is 3.68. The minimum atomic E-state index is -0.410. The number of carbonyl (C=O) groups excluding carboxylic acids is 2. The van der Waals surface area contributed by atoms with Crippen molar-refractivity contribution in [2.45, 2.75) is 13.0 Å². The highest BCUT2D eigenvalue weighted by Crippen LogP contribution is 2.15. The average Bonchev–Trinajstić information content (AvgIpc) is 2.85. The number of H-pyrrole nitrogens is 2. The number of benzene rings is 1. The monoisotopic (exact) mass is 303 g/mol. The van der Waals surface area contributed by atoms with E-state index in [-0.39, 0.29) is 24.0 Å². The summed E-state index contributed by atoms with van der Waals surface area (Å²) in [7, 11) is 0. The molecule has 2 aromatic rings. The van der Waals surface area contributed by atoms with Gasteiger partial charge in [0.05, 0.1) is 23.6 Å². The molecule has 8 heteroatoms. The summed E-state index contributed by atoms with van der Waals surface area (Å²) in [5.41, 5.74) is 1.63. The van der Waals surface area contributed by atoms with Crippen LogP contribution in [0.2, 0.25) is 0 Å². The highest BCUT2D eigenvalue weighted by Gasteiger charge is 2.25. The second-order valence-electron chi connectivity index (χ2n) is 5.33. The Hall–Kier alpha value is -2.61. The van der Waals surface area contributed by atoms with Gasteiger partial charge in [0.2, 0.25) is 11.8 Å². The highest BCUT2D eigenvalue weighted by atomic mass is 16.2. The third-order valence-corrected chi connectivity index (χ3v) is 3.78. The summed E-state index contributed by atoms with van der Waals surface area (Å²) in [6, 6.07) is 4.73. The summed E-state index contributed by atoms with van der Waals surface area (Å²) >= 11 is 0. The summed E-state index contributed by atoms with van der Waals surface area (Å²) in [6.45, 7) is 3.18. The molecule has 1 aromatic carbocycles. The topological polar surface area (TPSA) is 110 Å². The van der Waals surface area contributed by atoms with E-state index in [1.807, 2.05) is 4.90 Å². The van der Waals surface area contributed by atoms with E-state index >= 15 is 0 Å². The number of piperazine rings is 1. The van der Waals surface area contributed by atoms with Gasteiger partial charge < -0.3 is 20.6 Å². The van der Waals surface area contributed by atoms with Crippen LogP contribution in [0.1, 0.15) is 6.92 Å². The maximum Gasteiger partial charge on any atom is 0.323 e. The highest BCUT2D eigenvalue weighted by molar-refractivity contribution is 5.96. The van der Waals surface area contributed by atoms with Gasteiger partial charge in [0, 0.05) is 18.8 Å². The fourth-order valence-electron chi connectivity index (χ4n) is 2.51. The molecule has 0 spiro atoms. The van der Waals surface area contributed by atoms with Gasteiger partial charge in [0.15, 0.2) is 0 Å². The van der Waals surface area contributed by atoms with E-state index in [4.69, 9.17) is 0 Å². The number of rotatable bonds is 3. The van der Waals surface area contributed by atoms with Crippen LogP contribution in [0.15, 0.2) is 23.0 Å². The van der Waals surface area contributed by atoms with Gasteiger partial charge >= 0.3 is 5.69 Å². The smallest absolute Gasteiger partial charge is 0.323 e. The van der Waals surface area contributed by atoms with E-state index in [2.05, 4.69) is 20.6 Å². The van der Waals surface area contributed by atoms with Crippen LogP contribution in [0.3, 0.4) is 0 Å². The lowest BCUT2D eigenvalue weighted by atomic mass is 10.2. The van der Waals surface area contributed by atoms with Crippen LogP contribution in [-0.2, 0) is 9.59 Å². The molecular formula is C14H17N5O3. The molecule has 4 N–H and O–H groups in total. The molecule has 1 atom stereocenters. The molecule has 1 aliphatic heterocycles. The Morgan fingerprint density at radius 3 is 2.82 bits per heavy atom. The number of hydrogen-bond donors (Lipinski definition) is 4. The van der Waals surface area contributed by atoms with Crippen molar-refractivity contribution in [2.24, 2.45) is 0 Å². The van der Waals surface area contributed by atoms with Crippen LogP contribution in [0, 0.1) is 0 Å². The van der Waals surface area contributed by atoms with Gasteiger partial charge in [-0.1, -0.05) is 0 Å². The zero-order valence-electron chi connectivity index (χ0n) is 12.1. The number of imidazole rings is 1. The molecule has 22 heavy (non-hydrogen) atoms. The molecule has 3 rings (SSSR count). The molecule has 1 aromatic heterocycles. The first kappa shape index (κ1) is 14.3. The first-order valence-electron chi connectivity index (χ1n) is 7.06. The van der Waals surface area contributed by atoms with E-state index in [9.17, 15) is 14.4 Å². The molecule has 8 nitrogen and oxygen atoms in total. The van der Waals surface area contributed by atoms with E-state index in [1.54, 1.807) is 25.1 Å². The Morgan fingerprint density at radius 2 is 2.05 bits per heavy atom. The normalized spacial score (nSPS) is 17.2. The zero-order chi connectivity index (χ0) is 15.7. The summed E-state index contributed by atoms with van der Waals surface area (Å²) < 4.78 is 0. The van der Waals surface area contributed by atoms with Crippen LogP contribution in [0.5, 0.6) is 0 Å². The number of aromatic amines is 2. The van der Waals surface area contributed by atoms with E-state index < -0.39 is 6.04 Å². The summed E-state index contributed by atoms with van der Waals surface area (Å²) in [4.78, 5) is 42.0. The number of nitrogens with one attached hydrogen (secondary N) is 4. The molecule has 0 unspecified atom stereocenters. The fraction of sp³-hybridized carbons (Fsp3) is 0.357. The zero-order valence-corrected chi connectivity index (χ0v) is 12.1. The Bertz CT molecular complexity index is 778. The number of hydrogen-bond acceptors (Lipinski definition) is 4. The predicted molar refractivity (Wildman–Crippen MR) is 81.6 cm³/mol. The number of carbonyl (C=O) groups is 2. The van der Waals surface area contributed by atoms with Crippen molar-refractivity contribution in [2.75, 3.05) is 25.0 Å². The third-order valence-electron chi connectivity index (χ3n) is 3.78. The standard InChI is InChI=1S/C14H17N5O3/c1-8(19-5-4-15-12(20)7-19)13(21)16-9-2-3-10-11(6-9)18-14(22)17-10/h2-3,6,8H,4-5,7H2,1H3,(H,15,20)(H,16,21)(H2,17,18,22)/t8-/m1/s1. The molecule has 2 amide bonds. The minimum Gasteiger partial charge on any atom is -0.354 e. The van der Waals surface area contributed by atoms with Crippen LogP contribution >= 0.6 is 0 Å². The predicted octanol–water partition coefficient (Wildman–Crippen LogP) is -0.385. The first-order chi connectivity index (χ1) is 10.5. The molecular weight excluding hydrogens is 286 g/mol. The van der Waals surface area contributed by atoms with E-state index in [0.717, 1.165) is 0 Å². The van der Waals surface area contributed by atoms with Crippen LogP contribution in [0.25, 0.3) is 11.0 Å². The van der Waals surface area contributed by atoms with Crippen LogP contribution < -0.4 is 16.3 Å². The molecule has 116 valence electrons. The van der Waals surface area contributed by atoms with Crippen molar-refractivity contribution < 1.29 is 9.59 Å². The molecule has 2 heterocycles. The maximum absolute atomic E-state index is 12.3. The lowest BCUT2D eigenvalue weighted by Gasteiger charge is -2.31.